The van der Waals surface area contributed by atoms with Gasteiger partial charge >= 0.3 is 0 Å². The van der Waals surface area contributed by atoms with Crippen molar-refractivity contribution in [2.45, 2.75) is 32.1 Å². The molecule has 0 fully saturated rings. The van der Waals surface area contributed by atoms with Crippen LogP contribution in [0.2, 0.25) is 0 Å². The predicted octanol–water partition coefficient (Wildman–Crippen LogP) is 4.38. The van der Waals surface area contributed by atoms with Gasteiger partial charge in [-0.25, -0.2) is 0 Å². The Morgan fingerprint density at radius 2 is 1.14 bits per heavy atom. The van der Waals surface area contributed by atoms with Crippen LogP contribution in [0.5, 0.6) is 0 Å². The monoisotopic (exact) mass is 187 g/mol. The van der Waals surface area contributed by atoms with Gasteiger partial charge in [-0.2, -0.15) is 0 Å². The van der Waals surface area contributed by atoms with E-state index in [-0.39, 0.29) is 0 Å². The summed E-state index contributed by atoms with van der Waals surface area (Å²) in [4.78, 5) is 0. The zero-order chi connectivity index (χ0) is 9.90. The van der Waals surface area contributed by atoms with Gasteiger partial charge in [0.15, 0.2) is 0 Å². The fourth-order valence-electron chi connectivity index (χ4n) is 1.31. The van der Waals surface area contributed by atoms with Crippen molar-refractivity contribution in [3.63, 3.8) is 0 Å². The average Bonchev–Trinajstić information content (AvgIpc) is 2.22. The molecule has 1 radical (unpaired) electrons. The van der Waals surface area contributed by atoms with Crippen molar-refractivity contribution in [1.82, 2.24) is 0 Å². The Labute approximate surface area is 87.7 Å². The summed E-state index contributed by atoms with van der Waals surface area (Å²) in [6, 6.07) is 0. The number of hydrogen-bond donors (Lipinski definition) is 0. The van der Waals surface area contributed by atoms with Gasteiger partial charge < -0.3 is 0 Å². The van der Waals surface area contributed by atoms with Crippen LogP contribution in [0, 0.1) is 6.42 Å². The summed E-state index contributed by atoms with van der Waals surface area (Å²) in [7, 11) is 0. The van der Waals surface area contributed by atoms with Gasteiger partial charge in [0.1, 0.15) is 0 Å². The van der Waals surface area contributed by atoms with Crippen molar-refractivity contribution < 1.29 is 0 Å². The average molecular weight is 187 g/mol. The Kier molecular flexibility index (Phi) is 6.74. The topological polar surface area (TPSA) is 0 Å². The minimum absolute atomic E-state index is 1.14. The summed E-state index contributed by atoms with van der Waals surface area (Å²) in [5, 5.41) is 0. The van der Waals surface area contributed by atoms with Crippen LogP contribution in [0.3, 0.4) is 0 Å². The van der Waals surface area contributed by atoms with Gasteiger partial charge in [0.05, 0.1) is 0 Å². The smallest absolute Gasteiger partial charge is 0.0170 e. The molecule has 0 aromatic carbocycles. The number of hydrogen-bond acceptors (Lipinski definition) is 0. The molecule has 0 heteroatoms. The Balaban J connectivity index is 2.35. The lowest BCUT2D eigenvalue weighted by Gasteiger charge is -1.93. The van der Waals surface area contributed by atoms with E-state index in [1.807, 2.05) is 0 Å². The lowest BCUT2D eigenvalue weighted by atomic mass is 10.1. The molecule has 75 valence electrons. The molecule has 0 aromatic heterocycles. The summed E-state index contributed by atoms with van der Waals surface area (Å²) >= 11 is 0. The zero-order valence-corrected chi connectivity index (χ0v) is 8.73. The summed E-state index contributed by atoms with van der Waals surface area (Å²) in [6.07, 6.45) is 25.5. The molecule has 1 aliphatic carbocycles. The molecule has 0 unspecified atom stereocenters. The molecule has 0 bridgehead atoms. The third-order valence-corrected chi connectivity index (χ3v) is 2.12. The maximum atomic E-state index is 2.26. The van der Waals surface area contributed by atoms with Crippen LogP contribution in [-0.4, -0.2) is 0 Å². The van der Waals surface area contributed by atoms with Crippen LogP contribution in [0.1, 0.15) is 32.1 Å². The van der Waals surface area contributed by atoms with E-state index in [1.54, 1.807) is 0 Å². The Morgan fingerprint density at radius 3 is 1.93 bits per heavy atom. The van der Waals surface area contributed by atoms with Gasteiger partial charge in [0.2, 0.25) is 0 Å². The highest BCUT2D eigenvalue weighted by atomic mass is 13.9. The third kappa shape index (κ3) is 6.47. The van der Waals surface area contributed by atoms with Crippen molar-refractivity contribution >= 4 is 0 Å². The summed E-state index contributed by atoms with van der Waals surface area (Å²) < 4.78 is 0. The first kappa shape index (κ1) is 11.0. The normalized spacial score (nSPS) is 28.6. The summed E-state index contributed by atoms with van der Waals surface area (Å²) in [5.74, 6) is 0. The van der Waals surface area contributed by atoms with Crippen molar-refractivity contribution in [2.24, 2.45) is 0 Å². The molecule has 1 rings (SSSR count). The molecule has 0 nitrogen and oxygen atoms in total. The highest BCUT2D eigenvalue weighted by molar-refractivity contribution is 5.11. The second-order valence-corrected chi connectivity index (χ2v) is 3.41. The molecule has 0 saturated heterocycles. The zero-order valence-electron chi connectivity index (χ0n) is 8.73. The van der Waals surface area contributed by atoms with Crippen LogP contribution in [-0.2, 0) is 0 Å². The van der Waals surface area contributed by atoms with E-state index in [1.165, 1.54) is 19.3 Å². The van der Waals surface area contributed by atoms with Crippen LogP contribution in [0.25, 0.3) is 0 Å². The lowest BCUT2D eigenvalue weighted by Crippen LogP contribution is -1.74. The molecule has 0 heterocycles. The highest BCUT2D eigenvalue weighted by Crippen LogP contribution is 2.03. The Hall–Kier alpha value is -1.04. The first-order chi connectivity index (χ1) is 7.00. The molecule has 14 heavy (non-hydrogen) atoms. The molecular formula is C14H19. The van der Waals surface area contributed by atoms with E-state index in [0.717, 1.165) is 12.8 Å². The summed E-state index contributed by atoms with van der Waals surface area (Å²) in [5.41, 5.74) is 0. The highest BCUT2D eigenvalue weighted by Gasteiger charge is 1.84. The first-order valence-corrected chi connectivity index (χ1v) is 5.47. The van der Waals surface area contributed by atoms with Gasteiger partial charge in [-0.05, 0) is 38.5 Å². The molecule has 0 aliphatic heterocycles. The van der Waals surface area contributed by atoms with Crippen molar-refractivity contribution in [1.29, 1.82) is 0 Å². The van der Waals surface area contributed by atoms with Crippen LogP contribution in [0.15, 0.2) is 48.6 Å². The minimum atomic E-state index is 1.14. The molecule has 0 spiro atoms. The number of rotatable bonds is 0. The molecule has 1 aliphatic rings. The van der Waals surface area contributed by atoms with Crippen LogP contribution >= 0.6 is 0 Å². The minimum Gasteiger partial charge on any atom is -0.0879 e. The van der Waals surface area contributed by atoms with E-state index in [2.05, 4.69) is 55.0 Å². The number of allylic oxidation sites excluding steroid dienone is 8. The fourth-order valence-corrected chi connectivity index (χ4v) is 1.31. The van der Waals surface area contributed by atoms with Crippen molar-refractivity contribution in [3.05, 3.63) is 55.0 Å². The molecule has 0 aromatic rings. The van der Waals surface area contributed by atoms with Crippen molar-refractivity contribution in [3.8, 4) is 0 Å². The van der Waals surface area contributed by atoms with Gasteiger partial charge in [-0.3, -0.25) is 0 Å². The standard InChI is InChI=1S/C14H19/c1-2-4-6-8-10-12-14-13-11-9-7-5-3-1/h1-6,11,13-14H,7-10,12H2/b2-1+,5-3-,6-4-,13-11+. The summed E-state index contributed by atoms with van der Waals surface area (Å²) in [6.45, 7) is 0. The Morgan fingerprint density at radius 1 is 0.500 bits per heavy atom. The fraction of sp³-hybridized carbons (Fsp3) is 0.357. The maximum absolute atomic E-state index is 2.26. The van der Waals surface area contributed by atoms with Crippen LogP contribution in [0.4, 0.5) is 0 Å². The van der Waals surface area contributed by atoms with E-state index >= 15 is 0 Å². The maximum Gasteiger partial charge on any atom is -0.0170 e. The molecule has 0 saturated carbocycles. The third-order valence-electron chi connectivity index (χ3n) is 2.12. The SMILES string of the molecule is [CH]1/C=C/CC\C=C/C=C/C=C\CCC1. The van der Waals surface area contributed by atoms with Gasteiger partial charge in [-0.15, -0.1) is 0 Å². The van der Waals surface area contributed by atoms with E-state index in [9.17, 15) is 0 Å². The first-order valence-electron chi connectivity index (χ1n) is 5.47. The Bertz CT molecular complexity index is 228. The van der Waals surface area contributed by atoms with Crippen molar-refractivity contribution in [2.75, 3.05) is 0 Å². The molecule has 0 atom stereocenters. The van der Waals surface area contributed by atoms with E-state index in [0.29, 0.717) is 0 Å². The second-order valence-electron chi connectivity index (χ2n) is 3.41. The second kappa shape index (κ2) is 8.55. The molecule has 0 amide bonds. The van der Waals surface area contributed by atoms with E-state index < -0.39 is 0 Å². The van der Waals surface area contributed by atoms with E-state index in [4.69, 9.17) is 0 Å². The van der Waals surface area contributed by atoms with Gasteiger partial charge in [0, 0.05) is 0 Å². The lowest BCUT2D eigenvalue weighted by molar-refractivity contribution is 0.841. The van der Waals surface area contributed by atoms with Crippen LogP contribution < -0.4 is 0 Å². The molecule has 0 N–H and O–H groups in total. The predicted molar refractivity (Wildman–Crippen MR) is 63.9 cm³/mol. The molecular weight excluding hydrogens is 168 g/mol. The quantitative estimate of drug-likeness (QED) is 0.528. The van der Waals surface area contributed by atoms with Gasteiger partial charge in [0.25, 0.3) is 0 Å². The van der Waals surface area contributed by atoms with Gasteiger partial charge in [-0.1, -0.05) is 48.6 Å². The largest absolute Gasteiger partial charge is 0.0879 e.